The van der Waals surface area contributed by atoms with Gasteiger partial charge in [-0.1, -0.05) is 13.3 Å². The summed E-state index contributed by atoms with van der Waals surface area (Å²) in [4.78, 5) is 20.4. The van der Waals surface area contributed by atoms with Crippen LogP contribution in [0.25, 0.3) is 22.4 Å². The molecule has 2 aromatic heterocycles. The van der Waals surface area contributed by atoms with E-state index in [-0.39, 0.29) is 28.8 Å². The molecule has 0 radical (unpaired) electrons. The van der Waals surface area contributed by atoms with E-state index in [4.69, 9.17) is 9.84 Å². The number of sulfonamides is 1. The topological polar surface area (TPSA) is 130 Å². The zero-order valence-electron chi connectivity index (χ0n) is 19.0. The van der Waals surface area contributed by atoms with E-state index in [0.717, 1.165) is 12.1 Å². The molecule has 0 saturated carbocycles. The van der Waals surface area contributed by atoms with E-state index in [2.05, 4.69) is 15.1 Å². The lowest BCUT2D eigenvalue weighted by atomic mass is 10.0. The van der Waals surface area contributed by atoms with Crippen molar-refractivity contribution in [1.29, 1.82) is 0 Å². The number of H-pyrrole nitrogens is 1. The molecule has 1 aromatic carbocycles. The lowest BCUT2D eigenvalue weighted by Crippen LogP contribution is -2.50. The summed E-state index contributed by atoms with van der Waals surface area (Å²) < 4.78 is 35.0. The van der Waals surface area contributed by atoms with Gasteiger partial charge < -0.3 is 14.8 Å². The number of ether oxygens (including phenoxy) is 1. The van der Waals surface area contributed by atoms with Gasteiger partial charge in [0.05, 0.1) is 22.8 Å². The zero-order valence-corrected chi connectivity index (χ0v) is 19.9. The third-order valence-electron chi connectivity index (χ3n) is 5.85. The first-order valence-electron chi connectivity index (χ1n) is 11.1. The second-order valence-electron chi connectivity index (χ2n) is 8.22. The summed E-state index contributed by atoms with van der Waals surface area (Å²) in [6, 6.07) is 4.60. The molecule has 3 heterocycles. The van der Waals surface area contributed by atoms with Gasteiger partial charge in [-0.25, -0.2) is 13.4 Å². The van der Waals surface area contributed by atoms with Crippen LogP contribution in [0.15, 0.2) is 27.9 Å². The summed E-state index contributed by atoms with van der Waals surface area (Å²) in [6.07, 6.45) is 2.10. The average molecular weight is 476 g/mol. The van der Waals surface area contributed by atoms with Gasteiger partial charge in [0, 0.05) is 26.7 Å². The molecule has 1 aliphatic rings. The van der Waals surface area contributed by atoms with Crippen LogP contribution in [-0.4, -0.2) is 63.9 Å². The minimum Gasteiger partial charge on any atom is -0.493 e. The maximum absolute atomic E-state index is 13.2. The molecule has 33 heavy (non-hydrogen) atoms. The van der Waals surface area contributed by atoms with Crippen molar-refractivity contribution in [3.05, 3.63) is 34.2 Å². The quantitative estimate of drug-likeness (QED) is 0.481. The van der Waals surface area contributed by atoms with Crippen LogP contribution in [0, 0.1) is 5.92 Å². The first kappa shape index (κ1) is 23.4. The third-order valence-corrected chi connectivity index (χ3v) is 7.68. The Bertz CT molecular complexity index is 1320. The molecule has 10 nitrogen and oxygen atoms in total. The zero-order chi connectivity index (χ0) is 23.8. The van der Waals surface area contributed by atoms with E-state index >= 15 is 0 Å². The first-order chi connectivity index (χ1) is 15.8. The molecule has 11 heteroatoms. The lowest BCUT2D eigenvalue weighted by Gasteiger charge is -2.37. The number of aryl methyl sites for hydroxylation is 2. The number of nitrogens with one attached hydrogen (secondary N) is 1. The number of hydrogen-bond donors (Lipinski definition) is 2. The minimum atomic E-state index is -3.72. The highest BCUT2D eigenvalue weighted by molar-refractivity contribution is 7.89. The summed E-state index contributed by atoms with van der Waals surface area (Å²) in [5.74, 6) is 0.830. The molecule has 0 atom stereocenters. The molecule has 0 unspecified atom stereocenters. The smallest absolute Gasteiger partial charge is 0.277 e. The number of hydrogen-bond acceptors (Lipinski definition) is 7. The Morgan fingerprint density at radius 3 is 2.70 bits per heavy atom. The SMILES string of the molecule is CCCc1nn(C)c2c(=O)[nH]c(-c3cc(S(=O)(=O)N4CC(CCO)C4)ccc3OCC)nc12. The van der Waals surface area contributed by atoms with Gasteiger partial charge in [-0.3, -0.25) is 9.48 Å². The molecule has 1 fully saturated rings. The molecule has 1 aliphatic heterocycles. The van der Waals surface area contributed by atoms with Gasteiger partial charge in [-0.2, -0.15) is 9.40 Å². The first-order valence-corrected chi connectivity index (χ1v) is 12.6. The van der Waals surface area contributed by atoms with E-state index < -0.39 is 10.0 Å². The van der Waals surface area contributed by atoms with Gasteiger partial charge >= 0.3 is 0 Å². The number of nitrogens with zero attached hydrogens (tertiary/aromatic N) is 4. The van der Waals surface area contributed by atoms with Crippen LogP contribution in [0.3, 0.4) is 0 Å². The summed E-state index contributed by atoms with van der Waals surface area (Å²) in [7, 11) is -2.02. The second kappa shape index (κ2) is 9.24. The van der Waals surface area contributed by atoms with Crippen molar-refractivity contribution < 1.29 is 18.3 Å². The van der Waals surface area contributed by atoms with Crippen LogP contribution >= 0.6 is 0 Å². The van der Waals surface area contributed by atoms with Crippen molar-refractivity contribution in [3.63, 3.8) is 0 Å². The summed E-state index contributed by atoms with van der Waals surface area (Å²) >= 11 is 0. The molecule has 3 aromatic rings. The van der Waals surface area contributed by atoms with Crippen LogP contribution in [0.4, 0.5) is 0 Å². The Labute approximate surface area is 192 Å². The number of aliphatic hydroxyl groups excluding tert-OH is 1. The molecule has 4 rings (SSSR count). The summed E-state index contributed by atoms with van der Waals surface area (Å²) in [5.41, 5.74) is 1.65. The van der Waals surface area contributed by atoms with E-state index in [0.29, 0.717) is 54.9 Å². The molecule has 0 bridgehead atoms. The lowest BCUT2D eigenvalue weighted by molar-refractivity contribution is 0.154. The average Bonchev–Trinajstić information content (AvgIpc) is 3.06. The van der Waals surface area contributed by atoms with Gasteiger partial charge in [0.2, 0.25) is 10.0 Å². The molecule has 0 spiro atoms. The van der Waals surface area contributed by atoms with Crippen molar-refractivity contribution in [3.8, 4) is 17.1 Å². The Balaban J connectivity index is 1.81. The monoisotopic (exact) mass is 475 g/mol. The summed E-state index contributed by atoms with van der Waals surface area (Å²) in [5, 5.41) is 13.5. The third kappa shape index (κ3) is 4.28. The Morgan fingerprint density at radius 2 is 2.03 bits per heavy atom. The highest BCUT2D eigenvalue weighted by Gasteiger charge is 2.36. The van der Waals surface area contributed by atoms with E-state index in [9.17, 15) is 13.2 Å². The predicted molar refractivity (Wildman–Crippen MR) is 124 cm³/mol. The van der Waals surface area contributed by atoms with E-state index in [1.165, 1.54) is 21.1 Å². The maximum Gasteiger partial charge on any atom is 0.277 e. The number of fused-ring (bicyclic) bond motifs is 1. The number of aromatic amines is 1. The Hall–Kier alpha value is -2.76. The summed E-state index contributed by atoms with van der Waals surface area (Å²) in [6.45, 7) is 5.02. The number of aliphatic hydroxyl groups is 1. The van der Waals surface area contributed by atoms with Crippen molar-refractivity contribution in [2.75, 3.05) is 26.3 Å². The van der Waals surface area contributed by atoms with Crippen LogP contribution in [0.5, 0.6) is 5.75 Å². The van der Waals surface area contributed by atoms with Crippen molar-refractivity contribution in [2.24, 2.45) is 13.0 Å². The highest BCUT2D eigenvalue weighted by atomic mass is 32.2. The molecule has 178 valence electrons. The van der Waals surface area contributed by atoms with E-state index in [1.807, 2.05) is 13.8 Å². The molecule has 1 saturated heterocycles. The van der Waals surface area contributed by atoms with Crippen molar-refractivity contribution in [2.45, 2.75) is 38.0 Å². The van der Waals surface area contributed by atoms with Gasteiger partial charge in [0.25, 0.3) is 5.56 Å². The highest BCUT2D eigenvalue weighted by Crippen LogP contribution is 2.34. The Kier molecular flexibility index (Phi) is 6.55. The molecular weight excluding hydrogens is 446 g/mol. The minimum absolute atomic E-state index is 0.0433. The fourth-order valence-electron chi connectivity index (χ4n) is 4.15. The molecular formula is C22H29N5O5S. The number of benzene rings is 1. The van der Waals surface area contributed by atoms with Crippen LogP contribution < -0.4 is 10.3 Å². The van der Waals surface area contributed by atoms with E-state index in [1.54, 1.807) is 13.1 Å². The van der Waals surface area contributed by atoms with Crippen LogP contribution in [-0.2, 0) is 23.5 Å². The fourth-order valence-corrected chi connectivity index (χ4v) is 5.77. The molecule has 2 N–H and O–H groups in total. The molecule has 0 amide bonds. The largest absolute Gasteiger partial charge is 0.493 e. The predicted octanol–water partition coefficient (Wildman–Crippen LogP) is 1.68. The van der Waals surface area contributed by atoms with Crippen molar-refractivity contribution in [1.82, 2.24) is 24.1 Å². The van der Waals surface area contributed by atoms with Crippen LogP contribution in [0.2, 0.25) is 0 Å². The normalized spacial score (nSPS) is 15.2. The van der Waals surface area contributed by atoms with Gasteiger partial charge in [0.15, 0.2) is 5.52 Å². The van der Waals surface area contributed by atoms with Gasteiger partial charge in [-0.15, -0.1) is 0 Å². The van der Waals surface area contributed by atoms with Crippen LogP contribution in [0.1, 0.15) is 32.4 Å². The van der Waals surface area contributed by atoms with Gasteiger partial charge in [-0.05, 0) is 43.9 Å². The maximum atomic E-state index is 13.2. The standard InChI is InChI=1S/C22H29N5O5S/c1-4-6-17-19-20(26(3)25-17)22(29)24-21(23-19)16-11-15(7-8-18(16)32-5-2)33(30,31)27-12-14(13-27)9-10-28/h7-8,11,14,28H,4-6,9-10,12-13H2,1-3H3,(H,23,24,29). The fraction of sp³-hybridized carbons (Fsp3) is 0.500. The van der Waals surface area contributed by atoms with Crippen molar-refractivity contribution >= 4 is 21.1 Å². The Morgan fingerprint density at radius 1 is 1.27 bits per heavy atom. The second-order valence-corrected chi connectivity index (χ2v) is 10.2. The molecule has 0 aliphatic carbocycles. The van der Waals surface area contributed by atoms with Gasteiger partial charge in [0.1, 0.15) is 17.1 Å². The number of rotatable bonds is 9. The number of aromatic nitrogens is 4.